The van der Waals surface area contributed by atoms with Crippen molar-refractivity contribution in [3.63, 3.8) is 0 Å². The maximum Gasteiger partial charge on any atom is 0.352 e. The van der Waals surface area contributed by atoms with Crippen LogP contribution < -0.4 is 5.73 Å². The average molecular weight is 386 g/mol. The average Bonchev–Trinajstić information content (AvgIpc) is 2.55. The van der Waals surface area contributed by atoms with Crippen molar-refractivity contribution in [1.82, 2.24) is 4.90 Å². The number of β-lactam (4-membered cyclic amide) rings is 1. The van der Waals surface area contributed by atoms with Gasteiger partial charge in [0.1, 0.15) is 17.1 Å². The zero-order valence-corrected chi connectivity index (χ0v) is 14.2. The second kappa shape index (κ2) is 5.93. The fraction of sp³-hybridized carbons (Fsp3) is 0.286. The number of sulfone groups is 1. The van der Waals surface area contributed by atoms with Crippen molar-refractivity contribution in [2.75, 3.05) is 11.5 Å². The van der Waals surface area contributed by atoms with E-state index in [1.54, 1.807) is 0 Å². The summed E-state index contributed by atoms with van der Waals surface area (Å²) in [7, 11) is -3.99. The quantitative estimate of drug-likeness (QED) is 0.393. The van der Waals surface area contributed by atoms with Gasteiger partial charge in [-0.25, -0.2) is 13.2 Å². The molecule has 1 aromatic rings. The minimum atomic E-state index is -3.99. The number of nitrogens with two attached hydrogens (primary N) is 1. The minimum absolute atomic E-state index is 0.0709. The third-order valence-electron chi connectivity index (χ3n) is 3.96. The maximum absolute atomic E-state index is 12.5. The summed E-state index contributed by atoms with van der Waals surface area (Å²) in [6.07, 6.45) is 0. The van der Waals surface area contributed by atoms with Gasteiger partial charge in [-0.05, 0) is 17.7 Å². The molecule has 2 aliphatic heterocycles. The third kappa shape index (κ3) is 2.83. The van der Waals surface area contributed by atoms with Crippen molar-refractivity contribution in [3.05, 3.63) is 29.5 Å². The summed E-state index contributed by atoms with van der Waals surface area (Å²) in [6, 6.07) is 2.22. The number of fused-ring (bicyclic) bond motifs is 1. The predicted octanol–water partition coefficient (Wildman–Crippen LogP) is -0.547. The number of rotatable bonds is 4. The number of nitrogens with zero attached hydrogens (tertiary/aromatic N) is 1. The number of phenolic OH excluding ortho intramolecular Hbond substituents is 2. The highest BCUT2D eigenvalue weighted by Crippen LogP contribution is 2.40. The van der Waals surface area contributed by atoms with Gasteiger partial charge >= 0.3 is 5.97 Å². The number of phenols is 2. The molecule has 0 unspecified atom stereocenters. The SMILES string of the molecule is N[C@@H]1C(=O)N2C(C(=O)O)=C(CS(=O)(=O)c3ccc(O)c(O)c3)CS[C@H]12. The van der Waals surface area contributed by atoms with E-state index >= 15 is 0 Å². The van der Waals surface area contributed by atoms with Gasteiger partial charge in [0, 0.05) is 11.8 Å². The van der Waals surface area contributed by atoms with E-state index in [4.69, 9.17) is 5.73 Å². The summed E-state index contributed by atoms with van der Waals surface area (Å²) in [6.45, 7) is 0. The topological polar surface area (TPSA) is 158 Å². The van der Waals surface area contributed by atoms with E-state index in [1.807, 2.05) is 0 Å². The zero-order valence-electron chi connectivity index (χ0n) is 12.6. The second-order valence-corrected chi connectivity index (χ2v) is 8.70. The highest BCUT2D eigenvalue weighted by Gasteiger charge is 2.52. The first kappa shape index (κ1) is 17.6. The van der Waals surface area contributed by atoms with Gasteiger partial charge < -0.3 is 21.1 Å². The molecule has 1 amide bonds. The number of carbonyl (C=O) groups is 2. The monoisotopic (exact) mass is 386 g/mol. The number of carboxylic acid groups (broad SMARTS) is 1. The molecule has 2 heterocycles. The van der Waals surface area contributed by atoms with E-state index in [2.05, 4.69) is 0 Å². The standard InChI is InChI=1S/C14H14N2O7S2/c15-10-12(19)16-11(14(20)21)6(4-24-13(10)16)5-25(22,23)7-1-2-8(17)9(18)3-7/h1-3,10,13,17-18H,4-5,15H2,(H,20,21)/t10-,13-/m1/s1. The molecule has 0 spiro atoms. The van der Waals surface area contributed by atoms with E-state index in [9.17, 15) is 33.3 Å². The van der Waals surface area contributed by atoms with Crippen LogP contribution in [0.3, 0.4) is 0 Å². The summed E-state index contributed by atoms with van der Waals surface area (Å²) in [5.74, 6) is -3.56. The Morgan fingerprint density at radius 3 is 2.60 bits per heavy atom. The van der Waals surface area contributed by atoms with Gasteiger partial charge in [-0.3, -0.25) is 9.69 Å². The van der Waals surface area contributed by atoms with Crippen LogP contribution in [0.5, 0.6) is 11.5 Å². The smallest absolute Gasteiger partial charge is 0.352 e. The number of carbonyl (C=O) groups excluding carboxylic acids is 1. The van der Waals surface area contributed by atoms with E-state index in [1.165, 1.54) is 11.8 Å². The molecule has 0 bridgehead atoms. The number of aliphatic carboxylic acids is 1. The van der Waals surface area contributed by atoms with Gasteiger partial charge in [0.25, 0.3) is 0 Å². The van der Waals surface area contributed by atoms with Crippen molar-refractivity contribution in [2.24, 2.45) is 5.73 Å². The lowest BCUT2D eigenvalue weighted by Crippen LogP contribution is -2.68. The van der Waals surface area contributed by atoms with Crippen LogP contribution in [-0.2, 0) is 19.4 Å². The van der Waals surface area contributed by atoms with E-state index in [-0.39, 0.29) is 21.9 Å². The Morgan fingerprint density at radius 1 is 1.32 bits per heavy atom. The Morgan fingerprint density at radius 2 is 2.00 bits per heavy atom. The molecule has 1 fully saturated rings. The van der Waals surface area contributed by atoms with Gasteiger partial charge in [-0.15, -0.1) is 11.8 Å². The molecule has 0 saturated carbocycles. The molecule has 1 saturated heterocycles. The summed E-state index contributed by atoms with van der Waals surface area (Å²) in [5.41, 5.74) is 5.35. The number of benzene rings is 1. The first-order chi connectivity index (χ1) is 11.6. The zero-order chi connectivity index (χ0) is 18.5. The Hall–Kier alpha value is -2.24. The van der Waals surface area contributed by atoms with Gasteiger partial charge in [-0.2, -0.15) is 0 Å². The Kier molecular flexibility index (Phi) is 4.17. The normalized spacial score (nSPS) is 23.2. The van der Waals surface area contributed by atoms with Crippen LogP contribution in [0.2, 0.25) is 0 Å². The molecule has 134 valence electrons. The van der Waals surface area contributed by atoms with Crippen LogP contribution in [0.4, 0.5) is 0 Å². The highest BCUT2D eigenvalue weighted by molar-refractivity contribution is 8.00. The Labute approximate surface area is 146 Å². The Balaban J connectivity index is 1.98. The van der Waals surface area contributed by atoms with Crippen LogP contribution in [0, 0.1) is 0 Å². The number of carboxylic acids is 1. The molecular weight excluding hydrogens is 372 g/mol. The molecule has 2 aliphatic rings. The fourth-order valence-corrected chi connectivity index (χ4v) is 5.55. The molecule has 3 rings (SSSR count). The predicted molar refractivity (Wildman–Crippen MR) is 87.6 cm³/mol. The van der Waals surface area contributed by atoms with Crippen LogP contribution in [0.15, 0.2) is 34.4 Å². The summed E-state index contributed by atoms with van der Waals surface area (Å²) >= 11 is 1.20. The number of thioether (sulfide) groups is 1. The molecule has 1 aromatic carbocycles. The van der Waals surface area contributed by atoms with Crippen LogP contribution in [0.25, 0.3) is 0 Å². The van der Waals surface area contributed by atoms with Crippen LogP contribution in [0.1, 0.15) is 0 Å². The number of aromatic hydroxyl groups is 2. The number of hydrogen-bond donors (Lipinski definition) is 4. The van der Waals surface area contributed by atoms with Gasteiger partial charge in [-0.1, -0.05) is 0 Å². The fourth-order valence-electron chi connectivity index (χ4n) is 2.70. The highest BCUT2D eigenvalue weighted by atomic mass is 32.2. The van der Waals surface area contributed by atoms with E-state index in [0.717, 1.165) is 23.1 Å². The molecule has 0 aromatic heterocycles. The molecule has 9 nitrogen and oxygen atoms in total. The molecule has 0 aliphatic carbocycles. The first-order valence-electron chi connectivity index (χ1n) is 7.04. The van der Waals surface area contributed by atoms with Crippen molar-refractivity contribution in [2.45, 2.75) is 16.3 Å². The van der Waals surface area contributed by atoms with Gasteiger partial charge in [0.05, 0.1) is 10.6 Å². The van der Waals surface area contributed by atoms with Crippen LogP contribution >= 0.6 is 11.8 Å². The van der Waals surface area contributed by atoms with Crippen molar-refractivity contribution in [3.8, 4) is 11.5 Å². The lowest BCUT2D eigenvalue weighted by molar-refractivity contribution is -0.147. The van der Waals surface area contributed by atoms with Crippen LogP contribution in [-0.4, -0.2) is 63.4 Å². The molecule has 25 heavy (non-hydrogen) atoms. The first-order valence-corrected chi connectivity index (χ1v) is 9.74. The van der Waals surface area contributed by atoms with Crippen molar-refractivity contribution in [1.29, 1.82) is 0 Å². The van der Waals surface area contributed by atoms with Crippen molar-refractivity contribution < 1.29 is 33.3 Å². The van der Waals surface area contributed by atoms with Crippen molar-refractivity contribution >= 4 is 33.5 Å². The molecule has 5 N–H and O–H groups in total. The summed E-state index contributed by atoms with van der Waals surface area (Å²) in [5, 5.41) is 27.6. The maximum atomic E-state index is 12.5. The lowest BCUT2D eigenvalue weighted by Gasteiger charge is -2.48. The molecule has 11 heteroatoms. The molecule has 2 atom stereocenters. The largest absolute Gasteiger partial charge is 0.504 e. The Bertz CT molecular complexity index is 910. The van der Waals surface area contributed by atoms with E-state index < -0.39 is 50.4 Å². The third-order valence-corrected chi connectivity index (χ3v) is 7.02. The minimum Gasteiger partial charge on any atom is -0.504 e. The summed E-state index contributed by atoms with van der Waals surface area (Å²) < 4.78 is 25.1. The lowest BCUT2D eigenvalue weighted by atomic mass is 10.0. The van der Waals surface area contributed by atoms with Gasteiger partial charge in [0.2, 0.25) is 5.91 Å². The van der Waals surface area contributed by atoms with Gasteiger partial charge in [0.15, 0.2) is 21.3 Å². The van der Waals surface area contributed by atoms with E-state index in [0.29, 0.717) is 0 Å². The summed E-state index contributed by atoms with van der Waals surface area (Å²) in [4.78, 5) is 24.2. The number of amides is 1. The molecular formula is C14H14N2O7S2. The number of hydrogen-bond acceptors (Lipinski definition) is 8. The second-order valence-electron chi connectivity index (χ2n) is 5.60. The molecule has 0 radical (unpaired) electrons.